The zero-order valence-corrected chi connectivity index (χ0v) is 15.0. The lowest BCUT2D eigenvalue weighted by molar-refractivity contribution is 0.103. The molecule has 1 N–H and O–H groups in total. The van der Waals surface area contributed by atoms with E-state index in [-0.39, 0.29) is 5.69 Å². The highest BCUT2D eigenvalue weighted by Gasteiger charge is 2.14. The molecular weight excluding hydrogens is 391 g/mol. The van der Waals surface area contributed by atoms with E-state index >= 15 is 0 Å². The predicted octanol–water partition coefficient (Wildman–Crippen LogP) is 3.36. The molecule has 9 heteroatoms. The average molecular weight is 403 g/mol. The molecule has 3 heterocycles. The van der Waals surface area contributed by atoms with E-state index in [9.17, 15) is 22.8 Å². The Labute approximate surface area is 161 Å². The molecule has 0 atom stereocenters. The molecule has 0 spiro atoms. The lowest BCUT2D eigenvalue weighted by Gasteiger charge is -2.09. The highest BCUT2D eigenvalue weighted by atomic mass is 32.1. The van der Waals surface area contributed by atoms with Gasteiger partial charge in [-0.1, -0.05) is 11.8 Å². The molecule has 3 aromatic heterocycles. The first-order chi connectivity index (χ1) is 13.4. The van der Waals surface area contributed by atoms with Crippen molar-refractivity contribution in [2.24, 2.45) is 0 Å². The van der Waals surface area contributed by atoms with Crippen molar-refractivity contribution in [3.05, 3.63) is 80.4 Å². The highest BCUT2D eigenvalue weighted by Crippen LogP contribution is 2.17. The van der Waals surface area contributed by atoms with Crippen molar-refractivity contribution in [1.82, 2.24) is 9.55 Å². The number of carbonyl (C=O) groups is 1. The van der Waals surface area contributed by atoms with Crippen LogP contribution >= 0.6 is 11.3 Å². The van der Waals surface area contributed by atoms with Crippen LogP contribution in [-0.2, 0) is 6.54 Å². The molecule has 3 rings (SSSR count). The highest BCUT2D eigenvalue weighted by molar-refractivity contribution is 7.12. The van der Waals surface area contributed by atoms with Crippen LogP contribution in [0.5, 0.6) is 0 Å². The Morgan fingerprint density at radius 1 is 1.21 bits per heavy atom. The van der Waals surface area contributed by atoms with Crippen LogP contribution in [0.4, 0.5) is 18.9 Å². The number of pyridine rings is 2. The van der Waals surface area contributed by atoms with Gasteiger partial charge in [-0.15, -0.1) is 11.3 Å². The largest absolute Gasteiger partial charge is 0.320 e. The second kappa shape index (κ2) is 8.54. The minimum absolute atomic E-state index is 0.0967. The van der Waals surface area contributed by atoms with Gasteiger partial charge in [-0.25, -0.2) is 13.2 Å². The fourth-order valence-corrected chi connectivity index (χ4v) is 2.98. The van der Waals surface area contributed by atoms with Crippen molar-refractivity contribution in [1.29, 1.82) is 0 Å². The van der Waals surface area contributed by atoms with Crippen LogP contribution in [0.3, 0.4) is 0 Å². The molecule has 142 valence electrons. The van der Waals surface area contributed by atoms with Gasteiger partial charge in [0.25, 0.3) is 17.9 Å². The Morgan fingerprint density at radius 2 is 1.93 bits per heavy atom. The van der Waals surface area contributed by atoms with E-state index in [1.807, 2.05) is 0 Å². The van der Waals surface area contributed by atoms with E-state index in [0.29, 0.717) is 15.0 Å². The first-order valence-electron chi connectivity index (χ1n) is 7.92. The fourth-order valence-electron chi connectivity index (χ4n) is 2.25. The Hall–Kier alpha value is -3.38. The number of nitrogens with zero attached hydrogens (tertiary/aromatic N) is 2. The number of alkyl halides is 2. The van der Waals surface area contributed by atoms with Gasteiger partial charge in [0.1, 0.15) is 0 Å². The first kappa shape index (κ1) is 19.4. The molecule has 0 bridgehead atoms. The Morgan fingerprint density at radius 3 is 2.64 bits per heavy atom. The molecule has 3 aromatic rings. The minimum atomic E-state index is -2.83. The summed E-state index contributed by atoms with van der Waals surface area (Å²) >= 11 is 1.13. The maximum absolute atomic E-state index is 13.7. The number of halogens is 3. The molecule has 0 unspecified atom stereocenters. The van der Waals surface area contributed by atoms with Crippen molar-refractivity contribution in [2.75, 3.05) is 5.32 Å². The molecule has 1 amide bonds. The van der Waals surface area contributed by atoms with E-state index in [2.05, 4.69) is 22.1 Å². The normalized spacial score (nSPS) is 10.4. The van der Waals surface area contributed by atoms with Gasteiger partial charge in [-0.3, -0.25) is 14.6 Å². The molecule has 0 aliphatic carbocycles. The summed E-state index contributed by atoms with van der Waals surface area (Å²) in [5.41, 5.74) is 0.105. The molecule has 0 radical (unpaired) electrons. The number of anilines is 1. The van der Waals surface area contributed by atoms with Crippen LogP contribution in [0.25, 0.3) is 0 Å². The maximum atomic E-state index is 13.7. The standard InChI is InChI=1S/C19H12F3N3O2S/c20-15-8-14(9-25(19(15)27)10-17(21)22)24-18(26)16-7-13(11-28-16)2-1-12-3-5-23-6-4-12/h3-9,11,17H,10H2,(H,24,26). The Balaban J connectivity index is 1.76. The summed E-state index contributed by atoms with van der Waals surface area (Å²) in [6, 6.07) is 5.84. The van der Waals surface area contributed by atoms with E-state index < -0.39 is 30.3 Å². The number of thiophene rings is 1. The number of rotatable bonds is 4. The summed E-state index contributed by atoms with van der Waals surface area (Å²) < 4.78 is 39.2. The van der Waals surface area contributed by atoms with Crippen LogP contribution in [0.2, 0.25) is 0 Å². The minimum Gasteiger partial charge on any atom is -0.320 e. The van der Waals surface area contributed by atoms with Gasteiger partial charge >= 0.3 is 0 Å². The predicted molar refractivity (Wildman–Crippen MR) is 99.2 cm³/mol. The summed E-state index contributed by atoms with van der Waals surface area (Å²) in [6.45, 7) is -0.965. The van der Waals surface area contributed by atoms with Crippen molar-refractivity contribution >= 4 is 22.9 Å². The lowest BCUT2D eigenvalue weighted by atomic mass is 10.2. The molecule has 0 saturated carbocycles. The summed E-state index contributed by atoms with van der Waals surface area (Å²) in [7, 11) is 0. The molecule has 28 heavy (non-hydrogen) atoms. The van der Waals surface area contributed by atoms with Crippen LogP contribution < -0.4 is 10.9 Å². The SMILES string of the molecule is O=C(Nc1cc(F)c(=O)n(CC(F)F)c1)c1cc(C#Cc2ccncc2)cs1. The number of hydrogen-bond acceptors (Lipinski definition) is 4. The van der Waals surface area contributed by atoms with Crippen molar-refractivity contribution < 1.29 is 18.0 Å². The fraction of sp³-hybridized carbons (Fsp3) is 0.105. The number of nitrogens with one attached hydrogen (secondary N) is 1. The van der Waals surface area contributed by atoms with Gasteiger partial charge < -0.3 is 9.88 Å². The zero-order valence-electron chi connectivity index (χ0n) is 14.2. The number of carbonyl (C=O) groups excluding carboxylic acids is 1. The first-order valence-corrected chi connectivity index (χ1v) is 8.80. The lowest BCUT2D eigenvalue weighted by Crippen LogP contribution is -2.26. The van der Waals surface area contributed by atoms with Gasteiger partial charge in [-0.2, -0.15) is 0 Å². The van der Waals surface area contributed by atoms with Crippen molar-refractivity contribution in [3.8, 4) is 11.8 Å². The molecule has 0 saturated heterocycles. The molecule has 0 aliphatic heterocycles. The van der Waals surface area contributed by atoms with Gasteiger partial charge in [0, 0.05) is 41.2 Å². The van der Waals surface area contributed by atoms with E-state index in [1.165, 1.54) is 0 Å². The van der Waals surface area contributed by atoms with Crippen LogP contribution in [0, 0.1) is 17.7 Å². The second-order valence-corrected chi connectivity index (χ2v) is 6.48. The Bertz CT molecular complexity index is 1110. The summed E-state index contributed by atoms with van der Waals surface area (Å²) in [5.74, 6) is 4.05. The average Bonchev–Trinajstić information content (AvgIpc) is 3.14. The summed E-state index contributed by atoms with van der Waals surface area (Å²) in [4.78, 5) is 28.0. The third kappa shape index (κ3) is 4.86. The number of amides is 1. The number of hydrogen-bond donors (Lipinski definition) is 1. The molecule has 5 nitrogen and oxygen atoms in total. The second-order valence-electron chi connectivity index (χ2n) is 5.56. The van der Waals surface area contributed by atoms with Crippen molar-refractivity contribution in [2.45, 2.75) is 13.0 Å². The monoisotopic (exact) mass is 403 g/mol. The van der Waals surface area contributed by atoms with Crippen LogP contribution in [0.1, 0.15) is 20.8 Å². The molecular formula is C19H12F3N3O2S. The smallest absolute Gasteiger partial charge is 0.286 e. The Kier molecular flexibility index (Phi) is 5.91. The number of aromatic nitrogens is 2. The van der Waals surface area contributed by atoms with Crippen LogP contribution in [-0.4, -0.2) is 21.9 Å². The van der Waals surface area contributed by atoms with Crippen LogP contribution in [0.15, 0.2) is 53.0 Å². The maximum Gasteiger partial charge on any atom is 0.286 e. The van der Waals surface area contributed by atoms with Gasteiger partial charge in [0.2, 0.25) is 0 Å². The van der Waals surface area contributed by atoms with E-state index in [4.69, 9.17) is 0 Å². The van der Waals surface area contributed by atoms with E-state index in [0.717, 1.165) is 29.2 Å². The summed E-state index contributed by atoms with van der Waals surface area (Å²) in [5, 5.41) is 4.08. The van der Waals surface area contributed by atoms with E-state index in [1.54, 1.807) is 36.0 Å². The van der Waals surface area contributed by atoms with Gasteiger partial charge in [0.05, 0.1) is 17.1 Å². The molecule has 0 fully saturated rings. The summed E-state index contributed by atoms with van der Waals surface area (Å²) in [6.07, 6.45) is 1.38. The molecule has 0 aliphatic rings. The topological polar surface area (TPSA) is 64.0 Å². The third-order valence-corrected chi connectivity index (χ3v) is 4.42. The zero-order chi connectivity index (χ0) is 20.1. The van der Waals surface area contributed by atoms with Crippen molar-refractivity contribution in [3.63, 3.8) is 0 Å². The third-order valence-electron chi connectivity index (χ3n) is 3.49. The van der Waals surface area contributed by atoms with Gasteiger partial charge in [-0.05, 0) is 18.2 Å². The quantitative estimate of drug-likeness (QED) is 0.680. The molecule has 0 aromatic carbocycles. The van der Waals surface area contributed by atoms with Gasteiger partial charge in [0.15, 0.2) is 5.82 Å².